The fourth-order valence-corrected chi connectivity index (χ4v) is 2.41. The molecule has 0 bridgehead atoms. The molecule has 0 aliphatic rings. The van der Waals surface area contributed by atoms with Crippen molar-refractivity contribution in [1.82, 2.24) is 14.8 Å². The molecule has 0 radical (unpaired) electrons. The predicted octanol–water partition coefficient (Wildman–Crippen LogP) is 2.36. The number of nitrogens with zero attached hydrogens (tertiary/aromatic N) is 3. The number of ether oxygens (including phenoxy) is 1. The van der Waals surface area contributed by atoms with Crippen molar-refractivity contribution in [3.63, 3.8) is 0 Å². The number of hydrogen-bond acceptors (Lipinski definition) is 4. The summed E-state index contributed by atoms with van der Waals surface area (Å²) < 4.78 is 7.31. The van der Waals surface area contributed by atoms with Crippen molar-refractivity contribution < 1.29 is 4.74 Å². The summed E-state index contributed by atoms with van der Waals surface area (Å²) in [5.41, 5.74) is 10.3. The van der Waals surface area contributed by atoms with Crippen molar-refractivity contribution in [3.05, 3.63) is 41.0 Å². The van der Waals surface area contributed by atoms with Crippen LogP contribution in [0, 0.1) is 13.8 Å². The zero-order chi connectivity index (χ0) is 14.7. The lowest BCUT2D eigenvalue weighted by molar-refractivity contribution is 0.403. The van der Waals surface area contributed by atoms with Gasteiger partial charge in [-0.1, -0.05) is 13.0 Å². The van der Waals surface area contributed by atoms with Crippen LogP contribution in [0.5, 0.6) is 5.75 Å². The molecule has 1 atom stereocenters. The molecule has 5 nitrogen and oxygen atoms in total. The molecule has 0 fully saturated rings. The van der Waals surface area contributed by atoms with Crippen molar-refractivity contribution >= 4 is 0 Å². The van der Waals surface area contributed by atoms with Crippen LogP contribution in [0.15, 0.2) is 18.3 Å². The van der Waals surface area contributed by atoms with Gasteiger partial charge in [-0.15, -0.1) is 0 Å². The monoisotopic (exact) mass is 274 g/mol. The molecule has 0 amide bonds. The third-order valence-corrected chi connectivity index (χ3v) is 3.40. The Hall–Kier alpha value is -1.88. The highest BCUT2D eigenvalue weighted by molar-refractivity contribution is 5.38. The topological polar surface area (TPSA) is 66.0 Å². The molecule has 2 heterocycles. The number of pyridine rings is 1. The van der Waals surface area contributed by atoms with Crippen LogP contribution in [0.2, 0.25) is 0 Å². The Morgan fingerprint density at radius 3 is 2.70 bits per heavy atom. The van der Waals surface area contributed by atoms with E-state index in [1.54, 1.807) is 13.3 Å². The van der Waals surface area contributed by atoms with E-state index in [-0.39, 0.29) is 6.04 Å². The van der Waals surface area contributed by atoms with Crippen LogP contribution in [-0.4, -0.2) is 21.9 Å². The fraction of sp³-hybridized carbons (Fsp3) is 0.467. The molecule has 0 aliphatic heterocycles. The molecular formula is C15H22N4O. The first-order valence-corrected chi connectivity index (χ1v) is 6.87. The van der Waals surface area contributed by atoms with Gasteiger partial charge in [0.1, 0.15) is 5.69 Å². The molecule has 0 spiro atoms. The van der Waals surface area contributed by atoms with Crippen LogP contribution in [0.25, 0.3) is 0 Å². The summed E-state index contributed by atoms with van der Waals surface area (Å²) in [7, 11) is 1.64. The van der Waals surface area contributed by atoms with Gasteiger partial charge in [-0.2, -0.15) is 5.10 Å². The SMILES string of the molecule is CCCn1ncc(OC)c1C(N)c1ccc(C)nc1C. The van der Waals surface area contributed by atoms with Gasteiger partial charge >= 0.3 is 0 Å². The maximum absolute atomic E-state index is 6.44. The minimum atomic E-state index is -0.285. The molecular weight excluding hydrogens is 252 g/mol. The lowest BCUT2D eigenvalue weighted by atomic mass is 10.0. The number of nitrogens with two attached hydrogens (primary N) is 1. The summed E-state index contributed by atoms with van der Waals surface area (Å²) in [6, 6.07) is 3.73. The second-order valence-electron chi connectivity index (χ2n) is 4.93. The minimum absolute atomic E-state index is 0.285. The van der Waals surface area contributed by atoms with Crippen LogP contribution in [0.3, 0.4) is 0 Å². The first-order chi connectivity index (χ1) is 9.58. The van der Waals surface area contributed by atoms with Crippen LogP contribution >= 0.6 is 0 Å². The average Bonchev–Trinajstić information content (AvgIpc) is 2.81. The second-order valence-corrected chi connectivity index (χ2v) is 4.93. The molecule has 1 unspecified atom stereocenters. The van der Waals surface area contributed by atoms with Crippen LogP contribution in [-0.2, 0) is 6.54 Å². The van der Waals surface area contributed by atoms with E-state index in [1.807, 2.05) is 30.7 Å². The van der Waals surface area contributed by atoms with E-state index in [9.17, 15) is 0 Å². The number of aromatic nitrogens is 3. The Morgan fingerprint density at radius 2 is 2.10 bits per heavy atom. The van der Waals surface area contributed by atoms with Gasteiger partial charge in [0.15, 0.2) is 5.75 Å². The highest BCUT2D eigenvalue weighted by Crippen LogP contribution is 2.29. The molecule has 108 valence electrons. The second kappa shape index (κ2) is 6.05. The number of rotatable bonds is 5. The Labute approximate surface area is 119 Å². The summed E-state index contributed by atoms with van der Waals surface area (Å²) in [4.78, 5) is 4.49. The molecule has 5 heteroatoms. The van der Waals surface area contributed by atoms with E-state index >= 15 is 0 Å². The van der Waals surface area contributed by atoms with Gasteiger partial charge in [-0.3, -0.25) is 9.67 Å². The largest absolute Gasteiger partial charge is 0.493 e. The maximum atomic E-state index is 6.44. The summed E-state index contributed by atoms with van der Waals surface area (Å²) in [5, 5.41) is 4.36. The molecule has 2 rings (SSSR count). The van der Waals surface area contributed by atoms with Crippen molar-refractivity contribution in [2.24, 2.45) is 5.73 Å². The van der Waals surface area contributed by atoms with E-state index in [4.69, 9.17) is 10.5 Å². The maximum Gasteiger partial charge on any atom is 0.161 e. The predicted molar refractivity (Wildman–Crippen MR) is 78.8 cm³/mol. The Morgan fingerprint density at radius 1 is 1.35 bits per heavy atom. The van der Waals surface area contributed by atoms with E-state index in [2.05, 4.69) is 17.0 Å². The van der Waals surface area contributed by atoms with Crippen LogP contribution < -0.4 is 10.5 Å². The number of methoxy groups -OCH3 is 1. The number of hydrogen-bond donors (Lipinski definition) is 1. The highest BCUT2D eigenvalue weighted by atomic mass is 16.5. The lowest BCUT2D eigenvalue weighted by Gasteiger charge is -2.17. The van der Waals surface area contributed by atoms with Crippen molar-refractivity contribution in [2.45, 2.75) is 39.8 Å². The normalized spacial score (nSPS) is 12.4. The van der Waals surface area contributed by atoms with Crippen molar-refractivity contribution in [2.75, 3.05) is 7.11 Å². The summed E-state index contributed by atoms with van der Waals surface area (Å²) in [5.74, 6) is 0.728. The van der Waals surface area contributed by atoms with Gasteiger partial charge in [-0.05, 0) is 31.9 Å². The third-order valence-electron chi connectivity index (χ3n) is 3.40. The van der Waals surface area contributed by atoms with E-state index in [0.717, 1.165) is 41.4 Å². The van der Waals surface area contributed by atoms with Crippen LogP contribution in [0.4, 0.5) is 0 Å². The average molecular weight is 274 g/mol. The van der Waals surface area contributed by atoms with Gasteiger partial charge in [-0.25, -0.2) is 0 Å². The lowest BCUT2D eigenvalue weighted by Crippen LogP contribution is -2.20. The van der Waals surface area contributed by atoms with Gasteiger partial charge in [0, 0.05) is 17.9 Å². The van der Waals surface area contributed by atoms with Crippen molar-refractivity contribution in [3.8, 4) is 5.75 Å². The molecule has 2 aromatic heterocycles. The highest BCUT2D eigenvalue weighted by Gasteiger charge is 2.21. The van der Waals surface area contributed by atoms with Gasteiger partial charge in [0.25, 0.3) is 0 Å². The zero-order valence-corrected chi connectivity index (χ0v) is 12.6. The first kappa shape index (κ1) is 14.5. The Kier molecular flexibility index (Phi) is 4.39. The Balaban J connectivity index is 2.46. The molecule has 0 saturated carbocycles. The van der Waals surface area contributed by atoms with Crippen LogP contribution in [0.1, 0.15) is 42.0 Å². The first-order valence-electron chi connectivity index (χ1n) is 6.87. The third kappa shape index (κ3) is 2.67. The molecule has 0 aromatic carbocycles. The molecule has 0 aliphatic carbocycles. The molecule has 2 aromatic rings. The Bertz CT molecular complexity index is 592. The van der Waals surface area contributed by atoms with Gasteiger partial charge in [0.2, 0.25) is 0 Å². The van der Waals surface area contributed by atoms with Crippen molar-refractivity contribution in [1.29, 1.82) is 0 Å². The number of aryl methyl sites for hydroxylation is 3. The smallest absolute Gasteiger partial charge is 0.161 e. The van der Waals surface area contributed by atoms with Gasteiger partial charge < -0.3 is 10.5 Å². The summed E-state index contributed by atoms with van der Waals surface area (Å²) in [6.45, 7) is 6.90. The van der Waals surface area contributed by atoms with Gasteiger partial charge in [0.05, 0.1) is 19.3 Å². The van der Waals surface area contributed by atoms with E-state index < -0.39 is 0 Å². The quantitative estimate of drug-likeness (QED) is 0.909. The summed E-state index contributed by atoms with van der Waals surface area (Å²) >= 11 is 0. The van der Waals surface area contributed by atoms with E-state index in [1.165, 1.54) is 0 Å². The fourth-order valence-electron chi connectivity index (χ4n) is 2.41. The molecule has 20 heavy (non-hydrogen) atoms. The molecule has 2 N–H and O–H groups in total. The molecule has 0 saturated heterocycles. The summed E-state index contributed by atoms with van der Waals surface area (Å²) in [6.07, 6.45) is 2.72. The standard InChI is InChI=1S/C15H22N4O/c1-5-8-19-15(13(20-4)9-17-19)14(16)12-7-6-10(2)18-11(12)3/h6-7,9,14H,5,8,16H2,1-4H3. The zero-order valence-electron chi connectivity index (χ0n) is 12.6. The van der Waals surface area contributed by atoms with E-state index in [0.29, 0.717) is 0 Å². The minimum Gasteiger partial charge on any atom is -0.493 e.